The zero-order valence-electron chi connectivity index (χ0n) is 19.6. The van der Waals surface area contributed by atoms with Gasteiger partial charge in [-0.15, -0.1) is 11.3 Å². The molecule has 1 aliphatic rings. The number of hydrogen-bond donors (Lipinski definition) is 2. The van der Waals surface area contributed by atoms with Gasteiger partial charge in [-0.2, -0.15) is 0 Å². The van der Waals surface area contributed by atoms with Gasteiger partial charge in [0.05, 0.1) is 23.4 Å². The van der Waals surface area contributed by atoms with Gasteiger partial charge in [0.15, 0.2) is 5.17 Å². The minimum atomic E-state index is -3.84. The third kappa shape index (κ3) is 6.22. The molecule has 0 spiro atoms. The van der Waals surface area contributed by atoms with E-state index in [1.165, 1.54) is 47.6 Å². The van der Waals surface area contributed by atoms with Crippen molar-refractivity contribution in [3.63, 3.8) is 0 Å². The minimum Gasteiger partial charge on any atom is -0.495 e. The molecule has 0 atom stereocenters. The Morgan fingerprint density at radius 1 is 1.24 bits per heavy atom. The van der Waals surface area contributed by atoms with Gasteiger partial charge in [0.1, 0.15) is 11.4 Å². The number of thiophene rings is 1. The smallest absolute Gasteiger partial charge is 0.283 e. The molecular weight excluding hydrogens is 556 g/mol. The molecule has 0 unspecified atom stereocenters. The van der Waals surface area contributed by atoms with Crippen LogP contribution in [-0.4, -0.2) is 38.3 Å². The van der Waals surface area contributed by atoms with Gasteiger partial charge < -0.3 is 10.1 Å². The fraction of sp³-hybridized carbons (Fsp3) is 0.125. The van der Waals surface area contributed by atoms with E-state index < -0.39 is 10.0 Å². The number of amidine groups is 1. The van der Waals surface area contributed by atoms with Crippen LogP contribution in [0.5, 0.6) is 5.75 Å². The molecule has 2 aromatic carbocycles. The number of ether oxygens (including phenoxy) is 1. The average Bonchev–Trinajstić information content (AvgIpc) is 3.39. The minimum absolute atomic E-state index is 0.0647. The number of nitrogens with two attached hydrogens (primary N) is 1. The van der Waals surface area contributed by atoms with Crippen molar-refractivity contribution >= 4 is 79.2 Å². The zero-order chi connectivity index (χ0) is 26.7. The molecule has 2 heterocycles. The lowest BCUT2D eigenvalue weighted by Gasteiger charge is -2.20. The standard InChI is InChI=1S/C24H21ClN4O5S3/c1-14-9-10-35-21(14)12-18-23(31)29(19-11-15(25)3-8-20(19)34-2)24(28-18)36-13-22(30)27-16-4-6-17(7-5-16)37(26,32)33/h3-12H,13H2,1-2H3,(H,27,30)(H2,26,32,33)/b18-12-. The SMILES string of the molecule is COc1ccc(Cl)cc1N1C(=O)/C(=C/c2sccc2C)N=C1SCC(=O)Nc1ccc(S(N)(=O)=O)cc1. The van der Waals surface area contributed by atoms with Gasteiger partial charge in [0, 0.05) is 15.6 Å². The lowest BCUT2D eigenvalue weighted by Crippen LogP contribution is -2.31. The van der Waals surface area contributed by atoms with Crippen LogP contribution in [-0.2, 0) is 19.6 Å². The fourth-order valence-electron chi connectivity index (χ4n) is 3.36. The molecule has 2 amide bonds. The molecule has 37 heavy (non-hydrogen) atoms. The summed E-state index contributed by atoms with van der Waals surface area (Å²) in [6, 6.07) is 12.3. The second-order valence-electron chi connectivity index (χ2n) is 7.75. The Bertz CT molecular complexity index is 1530. The Morgan fingerprint density at radius 2 is 1.97 bits per heavy atom. The van der Waals surface area contributed by atoms with E-state index in [1.807, 2.05) is 18.4 Å². The second kappa shape index (κ2) is 11.1. The maximum Gasteiger partial charge on any atom is 0.283 e. The number of nitrogens with one attached hydrogen (secondary N) is 1. The number of sulfonamides is 1. The van der Waals surface area contributed by atoms with E-state index in [0.717, 1.165) is 22.2 Å². The van der Waals surface area contributed by atoms with Gasteiger partial charge in [0.25, 0.3) is 5.91 Å². The predicted octanol–water partition coefficient (Wildman–Crippen LogP) is 4.48. The van der Waals surface area contributed by atoms with E-state index in [-0.39, 0.29) is 33.3 Å². The van der Waals surface area contributed by atoms with Crippen LogP contribution >= 0.6 is 34.7 Å². The van der Waals surface area contributed by atoms with Crippen molar-refractivity contribution in [2.24, 2.45) is 10.1 Å². The molecule has 4 rings (SSSR count). The molecule has 0 radical (unpaired) electrons. The van der Waals surface area contributed by atoms with Crippen LogP contribution < -0.4 is 20.1 Å². The number of carbonyl (C=O) groups excluding carboxylic acids is 2. The summed E-state index contributed by atoms with van der Waals surface area (Å²) in [7, 11) is -2.35. The van der Waals surface area contributed by atoms with Crippen molar-refractivity contribution in [2.45, 2.75) is 11.8 Å². The van der Waals surface area contributed by atoms with Crippen LogP contribution in [0.25, 0.3) is 6.08 Å². The molecular formula is C24H21ClN4O5S3. The van der Waals surface area contributed by atoms with Crippen molar-refractivity contribution < 1.29 is 22.7 Å². The van der Waals surface area contributed by atoms with Crippen molar-refractivity contribution in [1.82, 2.24) is 0 Å². The van der Waals surface area contributed by atoms with Crippen LogP contribution in [0, 0.1) is 6.92 Å². The molecule has 0 bridgehead atoms. The molecule has 0 aliphatic carbocycles. The predicted molar refractivity (Wildman–Crippen MR) is 149 cm³/mol. The zero-order valence-corrected chi connectivity index (χ0v) is 22.8. The second-order valence-corrected chi connectivity index (χ2v) is 11.6. The number of aryl methyl sites for hydroxylation is 1. The number of methoxy groups -OCH3 is 1. The molecule has 0 saturated heterocycles. The lowest BCUT2D eigenvalue weighted by molar-refractivity contribution is -0.114. The summed E-state index contributed by atoms with van der Waals surface area (Å²) in [5, 5.41) is 10.4. The Labute approximate surface area is 227 Å². The van der Waals surface area contributed by atoms with Gasteiger partial charge >= 0.3 is 0 Å². The van der Waals surface area contributed by atoms with E-state index >= 15 is 0 Å². The first-order valence-electron chi connectivity index (χ1n) is 10.6. The number of hydrogen-bond acceptors (Lipinski definition) is 8. The molecule has 1 aromatic heterocycles. The maximum absolute atomic E-state index is 13.5. The lowest BCUT2D eigenvalue weighted by atomic mass is 10.2. The van der Waals surface area contributed by atoms with Gasteiger partial charge in [0.2, 0.25) is 15.9 Å². The summed E-state index contributed by atoms with van der Waals surface area (Å²) in [5.41, 5.74) is 2.02. The number of rotatable bonds is 7. The number of benzene rings is 2. The van der Waals surface area contributed by atoms with E-state index in [2.05, 4.69) is 10.3 Å². The molecule has 13 heteroatoms. The molecule has 3 aromatic rings. The van der Waals surface area contributed by atoms with E-state index in [1.54, 1.807) is 24.3 Å². The van der Waals surface area contributed by atoms with E-state index in [4.69, 9.17) is 21.5 Å². The maximum atomic E-state index is 13.5. The topological polar surface area (TPSA) is 131 Å². The highest BCUT2D eigenvalue weighted by molar-refractivity contribution is 8.14. The number of anilines is 2. The number of carbonyl (C=O) groups is 2. The Hall–Kier alpha value is -3.16. The largest absolute Gasteiger partial charge is 0.495 e. The van der Waals surface area contributed by atoms with Gasteiger partial charge in [-0.1, -0.05) is 23.4 Å². The van der Waals surface area contributed by atoms with Crippen LogP contribution in [0.3, 0.4) is 0 Å². The normalized spacial score (nSPS) is 14.7. The van der Waals surface area contributed by atoms with Gasteiger partial charge in [-0.05, 0) is 72.5 Å². The highest BCUT2D eigenvalue weighted by atomic mass is 35.5. The van der Waals surface area contributed by atoms with Crippen LogP contribution in [0.1, 0.15) is 10.4 Å². The highest BCUT2D eigenvalue weighted by Gasteiger charge is 2.34. The Kier molecular flexibility index (Phi) is 8.05. The van der Waals surface area contributed by atoms with Crippen molar-refractivity contribution in [3.05, 3.63) is 75.1 Å². The Morgan fingerprint density at radius 3 is 2.59 bits per heavy atom. The van der Waals surface area contributed by atoms with Gasteiger partial charge in [-0.3, -0.25) is 9.59 Å². The number of aliphatic imine (C=N–C) groups is 1. The van der Waals surface area contributed by atoms with Crippen molar-refractivity contribution in [1.29, 1.82) is 0 Å². The fourth-order valence-corrected chi connectivity index (χ4v) is 5.69. The van der Waals surface area contributed by atoms with Gasteiger partial charge in [-0.25, -0.2) is 23.4 Å². The first-order valence-corrected chi connectivity index (χ1v) is 14.4. The van der Waals surface area contributed by atoms with E-state index in [0.29, 0.717) is 22.1 Å². The molecule has 3 N–H and O–H groups in total. The number of nitrogens with zero attached hydrogens (tertiary/aromatic N) is 2. The summed E-state index contributed by atoms with van der Waals surface area (Å²) in [4.78, 5) is 32.8. The third-order valence-electron chi connectivity index (χ3n) is 5.18. The monoisotopic (exact) mass is 576 g/mol. The highest BCUT2D eigenvalue weighted by Crippen LogP contribution is 2.37. The molecule has 0 fully saturated rings. The first-order chi connectivity index (χ1) is 17.6. The molecule has 9 nitrogen and oxygen atoms in total. The number of thioether (sulfide) groups is 1. The Balaban J connectivity index is 1.58. The summed E-state index contributed by atoms with van der Waals surface area (Å²) >= 11 is 8.77. The number of halogens is 1. The van der Waals surface area contributed by atoms with Crippen molar-refractivity contribution in [3.8, 4) is 5.75 Å². The van der Waals surface area contributed by atoms with E-state index in [9.17, 15) is 18.0 Å². The first kappa shape index (κ1) is 26.9. The number of amides is 2. The van der Waals surface area contributed by atoms with Crippen LogP contribution in [0.4, 0.5) is 11.4 Å². The average molecular weight is 577 g/mol. The summed E-state index contributed by atoms with van der Waals surface area (Å²) in [5.74, 6) is -0.421. The summed E-state index contributed by atoms with van der Waals surface area (Å²) < 4.78 is 28.3. The summed E-state index contributed by atoms with van der Waals surface area (Å²) in [6.45, 7) is 1.94. The van der Waals surface area contributed by atoms with Crippen LogP contribution in [0.15, 0.2) is 69.5 Å². The molecule has 1 aliphatic heterocycles. The molecule has 192 valence electrons. The number of primary sulfonamides is 1. The third-order valence-corrected chi connectivity index (χ3v) is 8.25. The molecule has 0 saturated carbocycles. The summed E-state index contributed by atoms with van der Waals surface area (Å²) in [6.07, 6.45) is 1.72. The van der Waals surface area contributed by atoms with Crippen molar-refractivity contribution in [2.75, 3.05) is 23.1 Å². The van der Waals surface area contributed by atoms with Crippen LogP contribution in [0.2, 0.25) is 5.02 Å². The quantitative estimate of drug-likeness (QED) is 0.399.